The Bertz CT molecular complexity index is 510. The van der Waals surface area contributed by atoms with Crippen molar-refractivity contribution in [2.24, 2.45) is 5.92 Å². The molecule has 2 aliphatic rings. The monoisotopic (exact) mass is 275 g/mol. The number of rotatable bonds is 5. The summed E-state index contributed by atoms with van der Waals surface area (Å²) in [7, 11) is 0. The normalized spacial score (nSPS) is 23.9. The second-order valence-corrected chi connectivity index (χ2v) is 5.63. The predicted molar refractivity (Wildman–Crippen MR) is 77.1 cm³/mol. The number of anilines is 1. The molecular weight excluding hydrogens is 254 g/mol. The van der Waals surface area contributed by atoms with E-state index in [-0.39, 0.29) is 18.0 Å². The summed E-state index contributed by atoms with van der Waals surface area (Å²) >= 11 is 0. The SMILES string of the molecule is CCOC(=O)C1c2cc(NCC3CC3)ccc2OC1C. The Morgan fingerprint density at radius 1 is 1.45 bits per heavy atom. The lowest BCUT2D eigenvalue weighted by Gasteiger charge is -2.13. The van der Waals surface area contributed by atoms with Crippen LogP contribution in [0.2, 0.25) is 0 Å². The number of hydrogen-bond donors (Lipinski definition) is 1. The van der Waals surface area contributed by atoms with Crippen molar-refractivity contribution in [3.63, 3.8) is 0 Å². The average Bonchev–Trinajstić information content (AvgIpc) is 3.18. The molecule has 1 aromatic rings. The van der Waals surface area contributed by atoms with Gasteiger partial charge in [-0.25, -0.2) is 0 Å². The van der Waals surface area contributed by atoms with E-state index >= 15 is 0 Å². The lowest BCUT2D eigenvalue weighted by atomic mass is 9.96. The summed E-state index contributed by atoms with van der Waals surface area (Å²) < 4.78 is 10.9. The van der Waals surface area contributed by atoms with Crippen molar-refractivity contribution in [3.05, 3.63) is 23.8 Å². The Hall–Kier alpha value is -1.71. The van der Waals surface area contributed by atoms with Gasteiger partial charge in [0.2, 0.25) is 0 Å². The van der Waals surface area contributed by atoms with Crippen molar-refractivity contribution in [2.75, 3.05) is 18.5 Å². The van der Waals surface area contributed by atoms with E-state index in [2.05, 4.69) is 5.32 Å². The number of fused-ring (bicyclic) bond motifs is 1. The van der Waals surface area contributed by atoms with Crippen molar-refractivity contribution >= 4 is 11.7 Å². The molecule has 0 spiro atoms. The molecule has 0 radical (unpaired) electrons. The molecule has 1 aromatic carbocycles. The summed E-state index contributed by atoms with van der Waals surface area (Å²) in [6.07, 6.45) is 2.48. The Labute approximate surface area is 119 Å². The Kier molecular flexibility index (Phi) is 3.55. The van der Waals surface area contributed by atoms with Gasteiger partial charge in [0, 0.05) is 17.8 Å². The summed E-state index contributed by atoms with van der Waals surface area (Å²) in [5, 5.41) is 3.43. The third-order valence-corrected chi connectivity index (χ3v) is 3.96. The van der Waals surface area contributed by atoms with Crippen LogP contribution in [0.3, 0.4) is 0 Å². The molecule has 1 fully saturated rings. The van der Waals surface area contributed by atoms with Crippen molar-refractivity contribution in [3.8, 4) is 5.75 Å². The molecule has 108 valence electrons. The van der Waals surface area contributed by atoms with Crippen LogP contribution >= 0.6 is 0 Å². The van der Waals surface area contributed by atoms with E-state index in [1.54, 1.807) is 0 Å². The minimum Gasteiger partial charge on any atom is -0.489 e. The van der Waals surface area contributed by atoms with Crippen LogP contribution in [0.5, 0.6) is 5.75 Å². The standard InChI is InChI=1S/C16H21NO3/c1-3-19-16(18)15-10(2)20-14-7-6-12(8-13(14)15)17-9-11-4-5-11/h6-8,10-11,15,17H,3-5,9H2,1-2H3. The molecule has 1 aliphatic heterocycles. The molecule has 0 aromatic heterocycles. The van der Waals surface area contributed by atoms with Gasteiger partial charge in [-0.05, 0) is 50.8 Å². The fraction of sp³-hybridized carbons (Fsp3) is 0.562. The van der Waals surface area contributed by atoms with Crippen molar-refractivity contribution in [1.82, 2.24) is 0 Å². The minimum absolute atomic E-state index is 0.164. The van der Waals surface area contributed by atoms with Crippen LogP contribution in [0, 0.1) is 5.92 Å². The molecule has 0 amide bonds. The van der Waals surface area contributed by atoms with Crippen LogP contribution in [0.25, 0.3) is 0 Å². The second-order valence-electron chi connectivity index (χ2n) is 5.63. The quantitative estimate of drug-likeness (QED) is 0.839. The minimum atomic E-state index is -0.312. The van der Waals surface area contributed by atoms with Crippen LogP contribution in [0.4, 0.5) is 5.69 Å². The van der Waals surface area contributed by atoms with Crippen LogP contribution < -0.4 is 10.1 Å². The fourth-order valence-corrected chi connectivity index (χ4v) is 2.66. The van der Waals surface area contributed by atoms with E-state index in [9.17, 15) is 4.79 Å². The van der Waals surface area contributed by atoms with E-state index in [0.717, 1.165) is 29.5 Å². The first-order valence-electron chi connectivity index (χ1n) is 7.40. The third-order valence-electron chi connectivity index (χ3n) is 3.96. The van der Waals surface area contributed by atoms with Gasteiger partial charge in [0.25, 0.3) is 0 Å². The van der Waals surface area contributed by atoms with E-state index in [1.807, 2.05) is 32.0 Å². The van der Waals surface area contributed by atoms with E-state index in [0.29, 0.717) is 6.61 Å². The molecule has 2 unspecified atom stereocenters. The lowest BCUT2D eigenvalue weighted by molar-refractivity contribution is -0.146. The molecule has 1 aliphatic carbocycles. The molecule has 20 heavy (non-hydrogen) atoms. The van der Waals surface area contributed by atoms with Crippen molar-refractivity contribution in [2.45, 2.75) is 38.7 Å². The maximum absolute atomic E-state index is 12.1. The predicted octanol–water partition coefficient (Wildman–Crippen LogP) is 2.94. The van der Waals surface area contributed by atoms with Gasteiger partial charge in [-0.3, -0.25) is 4.79 Å². The zero-order chi connectivity index (χ0) is 14.1. The Morgan fingerprint density at radius 2 is 2.25 bits per heavy atom. The molecule has 0 saturated heterocycles. The van der Waals surface area contributed by atoms with Crippen LogP contribution in [-0.4, -0.2) is 25.2 Å². The maximum atomic E-state index is 12.1. The highest BCUT2D eigenvalue weighted by atomic mass is 16.5. The molecule has 1 N–H and O–H groups in total. The summed E-state index contributed by atoms with van der Waals surface area (Å²) in [5.41, 5.74) is 2.00. The van der Waals surface area contributed by atoms with Crippen LogP contribution in [0.1, 0.15) is 38.2 Å². The second kappa shape index (κ2) is 5.35. The lowest BCUT2D eigenvalue weighted by Crippen LogP contribution is -2.24. The number of hydrogen-bond acceptors (Lipinski definition) is 4. The summed E-state index contributed by atoms with van der Waals surface area (Å²) in [5.74, 6) is 1.11. The first kappa shape index (κ1) is 13.3. The Balaban J connectivity index is 1.78. The number of esters is 1. The van der Waals surface area contributed by atoms with Gasteiger partial charge >= 0.3 is 5.97 Å². The molecule has 0 bridgehead atoms. The third kappa shape index (κ3) is 2.60. The molecule has 3 rings (SSSR count). The molecular formula is C16H21NO3. The topological polar surface area (TPSA) is 47.6 Å². The average molecular weight is 275 g/mol. The molecule has 4 nitrogen and oxygen atoms in total. The molecule has 2 atom stereocenters. The van der Waals surface area contributed by atoms with Crippen molar-refractivity contribution < 1.29 is 14.3 Å². The van der Waals surface area contributed by atoms with Gasteiger partial charge in [0.15, 0.2) is 0 Å². The van der Waals surface area contributed by atoms with Gasteiger partial charge in [0.05, 0.1) is 6.61 Å². The van der Waals surface area contributed by atoms with Gasteiger partial charge in [-0.2, -0.15) is 0 Å². The molecule has 4 heteroatoms. The summed E-state index contributed by atoms with van der Waals surface area (Å²) in [4.78, 5) is 12.1. The van der Waals surface area contributed by atoms with Gasteiger partial charge in [-0.15, -0.1) is 0 Å². The number of benzene rings is 1. The van der Waals surface area contributed by atoms with E-state index in [4.69, 9.17) is 9.47 Å². The number of nitrogens with one attached hydrogen (secondary N) is 1. The Morgan fingerprint density at radius 3 is 2.95 bits per heavy atom. The highest BCUT2D eigenvalue weighted by Gasteiger charge is 2.38. The van der Waals surface area contributed by atoms with Crippen LogP contribution in [-0.2, 0) is 9.53 Å². The largest absolute Gasteiger partial charge is 0.489 e. The smallest absolute Gasteiger partial charge is 0.317 e. The first-order chi connectivity index (χ1) is 9.69. The van der Waals surface area contributed by atoms with E-state index in [1.165, 1.54) is 12.8 Å². The zero-order valence-electron chi connectivity index (χ0n) is 12.0. The zero-order valence-corrected chi connectivity index (χ0v) is 12.0. The van der Waals surface area contributed by atoms with Crippen LogP contribution in [0.15, 0.2) is 18.2 Å². The highest BCUT2D eigenvalue weighted by Crippen LogP contribution is 2.40. The maximum Gasteiger partial charge on any atom is 0.317 e. The number of carbonyl (C=O) groups is 1. The number of ether oxygens (including phenoxy) is 2. The number of carbonyl (C=O) groups excluding carboxylic acids is 1. The summed E-state index contributed by atoms with van der Waals surface area (Å²) in [6, 6.07) is 5.99. The van der Waals surface area contributed by atoms with Gasteiger partial charge in [-0.1, -0.05) is 0 Å². The van der Waals surface area contributed by atoms with Crippen molar-refractivity contribution in [1.29, 1.82) is 0 Å². The highest BCUT2D eigenvalue weighted by molar-refractivity contribution is 5.82. The van der Waals surface area contributed by atoms with E-state index < -0.39 is 0 Å². The fourth-order valence-electron chi connectivity index (χ4n) is 2.66. The molecule has 1 saturated carbocycles. The van der Waals surface area contributed by atoms with Gasteiger partial charge in [0.1, 0.15) is 17.8 Å². The van der Waals surface area contributed by atoms with Gasteiger partial charge < -0.3 is 14.8 Å². The first-order valence-corrected chi connectivity index (χ1v) is 7.40. The summed E-state index contributed by atoms with van der Waals surface area (Å²) in [6.45, 7) is 5.15. The molecule has 1 heterocycles.